The van der Waals surface area contributed by atoms with Crippen LogP contribution in [0.4, 0.5) is 0 Å². The second-order valence-corrected chi connectivity index (χ2v) is 7.18. The van der Waals surface area contributed by atoms with E-state index < -0.39 is 0 Å². The number of hydrogen-bond donors (Lipinski definition) is 1. The second-order valence-electron chi connectivity index (χ2n) is 7.18. The van der Waals surface area contributed by atoms with E-state index in [4.69, 9.17) is 20.4 Å². The molecule has 24 heavy (non-hydrogen) atoms. The zero-order valence-corrected chi connectivity index (χ0v) is 14.8. The Morgan fingerprint density at radius 3 is 1.62 bits per heavy atom. The van der Waals surface area contributed by atoms with Crippen molar-refractivity contribution < 1.29 is 9.84 Å². The van der Waals surface area contributed by atoms with Crippen LogP contribution in [0.25, 0.3) is 0 Å². The molecule has 0 heterocycles. The smallest absolute Gasteiger partial charge is 0.0901 e. The summed E-state index contributed by atoms with van der Waals surface area (Å²) in [6.07, 6.45) is 12.3. The van der Waals surface area contributed by atoms with Crippen LogP contribution in [0.3, 0.4) is 0 Å². The van der Waals surface area contributed by atoms with Gasteiger partial charge in [-0.2, -0.15) is 10.5 Å². The van der Waals surface area contributed by atoms with Gasteiger partial charge < -0.3 is 9.84 Å². The van der Waals surface area contributed by atoms with E-state index in [0.717, 1.165) is 38.7 Å². The molecule has 0 aromatic rings. The van der Waals surface area contributed by atoms with E-state index >= 15 is 0 Å². The fourth-order valence-electron chi connectivity index (χ4n) is 3.68. The Kier molecular flexibility index (Phi) is 11.0. The van der Waals surface area contributed by atoms with Crippen LogP contribution in [-0.2, 0) is 4.74 Å². The molecule has 0 unspecified atom stereocenters. The van der Waals surface area contributed by atoms with Gasteiger partial charge in [0.25, 0.3) is 0 Å². The van der Waals surface area contributed by atoms with Crippen LogP contribution in [0, 0.1) is 46.3 Å². The SMILES string of the molecule is C=COCC1CCC(CC#N)CC1.N#CCC1CCC(CO)CC1. The molecule has 4 nitrogen and oxygen atoms in total. The van der Waals surface area contributed by atoms with Crippen LogP contribution in [0.1, 0.15) is 64.2 Å². The molecule has 134 valence electrons. The largest absolute Gasteiger partial charge is 0.502 e. The van der Waals surface area contributed by atoms with Crippen molar-refractivity contribution in [3.63, 3.8) is 0 Å². The third kappa shape index (κ3) is 8.37. The van der Waals surface area contributed by atoms with E-state index in [2.05, 4.69) is 18.7 Å². The first kappa shape index (κ1) is 20.5. The van der Waals surface area contributed by atoms with Crippen LogP contribution in [0.2, 0.25) is 0 Å². The van der Waals surface area contributed by atoms with Crippen LogP contribution in [0.15, 0.2) is 12.8 Å². The summed E-state index contributed by atoms with van der Waals surface area (Å²) in [4.78, 5) is 0. The highest BCUT2D eigenvalue weighted by atomic mass is 16.5. The number of ether oxygens (including phenoxy) is 1. The van der Waals surface area contributed by atoms with Crippen molar-refractivity contribution in [2.75, 3.05) is 13.2 Å². The molecular weight excluding hydrogens is 300 g/mol. The quantitative estimate of drug-likeness (QED) is 0.723. The summed E-state index contributed by atoms with van der Waals surface area (Å²) in [5, 5.41) is 25.8. The fourth-order valence-corrected chi connectivity index (χ4v) is 3.68. The van der Waals surface area contributed by atoms with Crippen molar-refractivity contribution in [3.05, 3.63) is 12.8 Å². The number of rotatable bonds is 6. The molecule has 0 spiro atoms. The molecule has 2 aliphatic rings. The first-order valence-electron chi connectivity index (χ1n) is 9.30. The van der Waals surface area contributed by atoms with Crippen molar-refractivity contribution in [1.82, 2.24) is 0 Å². The Labute approximate surface area is 147 Å². The summed E-state index contributed by atoms with van der Waals surface area (Å²) >= 11 is 0. The molecule has 0 aromatic heterocycles. The molecule has 0 atom stereocenters. The Hall–Kier alpha value is -1.52. The number of nitrogens with zero attached hydrogens (tertiary/aromatic N) is 2. The molecule has 0 aromatic carbocycles. The number of nitriles is 2. The predicted octanol–water partition coefficient (Wildman–Crippen LogP) is 4.57. The van der Waals surface area contributed by atoms with E-state index in [9.17, 15) is 0 Å². The molecule has 0 saturated heterocycles. The predicted molar refractivity (Wildman–Crippen MR) is 94.6 cm³/mol. The van der Waals surface area contributed by atoms with Crippen LogP contribution < -0.4 is 0 Å². The van der Waals surface area contributed by atoms with E-state index in [1.807, 2.05) is 0 Å². The Morgan fingerprint density at radius 2 is 1.25 bits per heavy atom. The lowest BCUT2D eigenvalue weighted by atomic mass is 9.81. The molecular formula is C20H32N2O2. The fraction of sp³-hybridized carbons (Fsp3) is 0.800. The first-order valence-corrected chi connectivity index (χ1v) is 9.30. The average molecular weight is 332 g/mol. The summed E-state index contributed by atoms with van der Waals surface area (Å²) in [5.74, 6) is 2.46. The van der Waals surface area contributed by atoms with Gasteiger partial charge in [0.15, 0.2) is 0 Å². The van der Waals surface area contributed by atoms with Crippen molar-refractivity contribution in [3.8, 4) is 12.1 Å². The van der Waals surface area contributed by atoms with Gasteiger partial charge in [-0.25, -0.2) is 0 Å². The lowest BCUT2D eigenvalue weighted by Gasteiger charge is -2.26. The maximum Gasteiger partial charge on any atom is 0.0901 e. The van der Waals surface area contributed by atoms with Crippen molar-refractivity contribution in [2.24, 2.45) is 23.7 Å². The average Bonchev–Trinajstić information content (AvgIpc) is 2.63. The topological polar surface area (TPSA) is 77.0 Å². The zero-order valence-electron chi connectivity index (χ0n) is 14.8. The lowest BCUT2D eigenvalue weighted by molar-refractivity contribution is 0.150. The minimum absolute atomic E-state index is 0.333. The lowest BCUT2D eigenvalue weighted by Crippen LogP contribution is -2.17. The van der Waals surface area contributed by atoms with Gasteiger partial charge in [0.2, 0.25) is 0 Å². The molecule has 2 saturated carbocycles. The van der Waals surface area contributed by atoms with Gasteiger partial charge in [-0.3, -0.25) is 0 Å². The highest BCUT2D eigenvalue weighted by Gasteiger charge is 2.21. The standard InChI is InChI=1S/C11H17NO.C9H15NO/c1-2-13-9-11-5-3-10(4-6-11)7-8-12;10-6-5-8-1-3-9(7-11)4-2-8/h2,10-11H,1,3-7,9H2;8-9,11H,1-5,7H2. The van der Waals surface area contributed by atoms with E-state index in [1.54, 1.807) is 0 Å². The van der Waals surface area contributed by atoms with E-state index in [1.165, 1.54) is 31.9 Å². The second kappa shape index (κ2) is 12.8. The molecule has 0 amide bonds. The normalized spacial score (nSPS) is 29.3. The maximum atomic E-state index is 8.84. The molecule has 0 aliphatic heterocycles. The number of aliphatic hydroxyl groups is 1. The molecule has 0 radical (unpaired) electrons. The third-order valence-corrected chi connectivity index (χ3v) is 5.40. The Balaban J connectivity index is 0.000000243. The maximum absolute atomic E-state index is 8.84. The highest BCUT2D eigenvalue weighted by Crippen LogP contribution is 2.31. The van der Waals surface area contributed by atoms with Crippen LogP contribution in [0.5, 0.6) is 0 Å². The van der Waals surface area contributed by atoms with Gasteiger partial charge in [0, 0.05) is 19.4 Å². The van der Waals surface area contributed by atoms with Gasteiger partial charge in [-0.05, 0) is 75.0 Å². The number of aliphatic hydroxyl groups excluding tert-OH is 1. The van der Waals surface area contributed by atoms with E-state index in [-0.39, 0.29) is 0 Å². The van der Waals surface area contributed by atoms with E-state index in [0.29, 0.717) is 36.7 Å². The van der Waals surface area contributed by atoms with Crippen LogP contribution in [-0.4, -0.2) is 18.3 Å². The molecule has 2 fully saturated rings. The monoisotopic (exact) mass is 332 g/mol. The van der Waals surface area contributed by atoms with Crippen molar-refractivity contribution in [2.45, 2.75) is 64.2 Å². The minimum Gasteiger partial charge on any atom is -0.502 e. The molecule has 0 bridgehead atoms. The molecule has 4 heteroatoms. The summed E-state index contributed by atoms with van der Waals surface area (Å²) in [6.45, 7) is 4.67. The summed E-state index contributed by atoms with van der Waals surface area (Å²) in [6, 6.07) is 4.46. The first-order chi connectivity index (χ1) is 11.7. The Bertz CT molecular complexity index is 408. The molecule has 2 rings (SSSR count). The van der Waals surface area contributed by atoms with Gasteiger partial charge in [-0.15, -0.1) is 0 Å². The van der Waals surface area contributed by atoms with Gasteiger partial charge >= 0.3 is 0 Å². The summed E-state index contributed by atoms with van der Waals surface area (Å²) < 4.78 is 5.17. The molecule has 1 N–H and O–H groups in total. The van der Waals surface area contributed by atoms with Crippen LogP contribution >= 0.6 is 0 Å². The summed E-state index contributed by atoms with van der Waals surface area (Å²) in [7, 11) is 0. The van der Waals surface area contributed by atoms with Crippen molar-refractivity contribution in [1.29, 1.82) is 10.5 Å². The molecule has 2 aliphatic carbocycles. The third-order valence-electron chi connectivity index (χ3n) is 5.40. The van der Waals surface area contributed by atoms with Gasteiger partial charge in [-0.1, -0.05) is 6.58 Å². The number of hydrogen-bond acceptors (Lipinski definition) is 4. The summed E-state index contributed by atoms with van der Waals surface area (Å²) in [5.41, 5.74) is 0. The highest BCUT2D eigenvalue weighted by molar-refractivity contribution is 4.81. The Morgan fingerprint density at radius 1 is 0.833 bits per heavy atom. The van der Waals surface area contributed by atoms with Crippen molar-refractivity contribution >= 4 is 0 Å². The van der Waals surface area contributed by atoms with Gasteiger partial charge in [0.05, 0.1) is 25.0 Å². The minimum atomic E-state index is 0.333. The zero-order chi connectivity index (χ0) is 17.6. The van der Waals surface area contributed by atoms with Gasteiger partial charge in [0.1, 0.15) is 0 Å².